The normalized spacial score (nSPS) is 22.6. The number of benzene rings is 3. The van der Waals surface area contributed by atoms with Crippen LogP contribution in [-0.4, -0.2) is 140 Å². The number of urea groups is 1. The first-order chi connectivity index (χ1) is 34.4. The lowest BCUT2D eigenvalue weighted by atomic mass is 9.88. The van der Waals surface area contributed by atoms with Gasteiger partial charge < -0.3 is 29.9 Å². The Morgan fingerprint density at radius 1 is 0.930 bits per heavy atom. The van der Waals surface area contributed by atoms with Crippen LogP contribution in [0.15, 0.2) is 48.7 Å². The van der Waals surface area contributed by atoms with Gasteiger partial charge in [-0.1, -0.05) is 24.1 Å². The lowest BCUT2D eigenvalue weighted by Gasteiger charge is -2.40. The van der Waals surface area contributed by atoms with Crippen molar-refractivity contribution in [2.24, 2.45) is 12.5 Å². The van der Waals surface area contributed by atoms with Gasteiger partial charge in [0.05, 0.1) is 34.7 Å². The number of nitrogens with one attached hydrogen (secondary N) is 2. The van der Waals surface area contributed by atoms with Gasteiger partial charge in [0, 0.05) is 112 Å². The number of carbonyl (C=O) groups is 3. The lowest BCUT2D eigenvalue weighted by Crippen LogP contribution is -2.54. The van der Waals surface area contributed by atoms with E-state index in [1.54, 1.807) is 6.20 Å². The highest BCUT2D eigenvalue weighted by atomic mass is 19.1. The summed E-state index contributed by atoms with van der Waals surface area (Å²) in [6, 6.07) is 12.6. The summed E-state index contributed by atoms with van der Waals surface area (Å²) >= 11 is 0. The molecule has 18 heteroatoms. The average Bonchev–Trinajstić information content (AvgIpc) is 3.95. The number of imide groups is 1. The smallest absolute Gasteiger partial charge is 0.320 e. The van der Waals surface area contributed by atoms with E-state index in [0.717, 1.165) is 69.1 Å². The summed E-state index contributed by atoms with van der Waals surface area (Å²) in [6.45, 7) is 6.60. The van der Waals surface area contributed by atoms with Crippen LogP contribution in [0.5, 0.6) is 11.8 Å². The highest BCUT2D eigenvalue weighted by molar-refractivity contribution is 6.04. The van der Waals surface area contributed by atoms with Gasteiger partial charge in [-0.3, -0.25) is 29.5 Å². The number of terminal acetylenes is 1. The molecule has 366 valence electrons. The number of piperidine rings is 2. The molecule has 2 bridgehead atoms. The number of halogens is 2. The van der Waals surface area contributed by atoms with Gasteiger partial charge in [0.1, 0.15) is 28.6 Å². The molecule has 4 amide bonds. The first-order valence-electron chi connectivity index (χ1n) is 24.9. The molecule has 6 aromatic rings. The summed E-state index contributed by atoms with van der Waals surface area (Å²) in [4.78, 5) is 61.0. The summed E-state index contributed by atoms with van der Waals surface area (Å²) in [7, 11) is 1.89. The second-order valence-electron chi connectivity index (χ2n) is 20.6. The van der Waals surface area contributed by atoms with Crippen LogP contribution in [0.2, 0.25) is 0 Å². The number of aryl methyl sites for hydroxylation is 1. The minimum atomic E-state index is -0.753. The third-order valence-electron chi connectivity index (χ3n) is 16.0. The van der Waals surface area contributed by atoms with Gasteiger partial charge in [0.15, 0.2) is 5.82 Å². The summed E-state index contributed by atoms with van der Waals surface area (Å²) < 4.78 is 40.5. The first kappa shape index (κ1) is 45.2. The van der Waals surface area contributed by atoms with Crippen LogP contribution in [0.4, 0.5) is 19.4 Å². The number of anilines is 1. The monoisotopic (exact) mass is 963 g/mol. The molecule has 8 heterocycles. The van der Waals surface area contributed by atoms with Crippen molar-refractivity contribution in [3.8, 4) is 35.4 Å². The number of ether oxygens (including phenoxy) is 1. The fourth-order valence-corrected chi connectivity index (χ4v) is 11.9. The molecule has 6 aliphatic rings. The Morgan fingerprint density at radius 2 is 1.69 bits per heavy atom. The minimum Gasteiger partial charge on any atom is -0.508 e. The maximum Gasteiger partial charge on any atom is 0.320 e. The number of pyridine rings is 1. The van der Waals surface area contributed by atoms with Crippen LogP contribution in [-0.2, 0) is 16.6 Å². The Labute approximate surface area is 408 Å². The second-order valence-corrected chi connectivity index (χ2v) is 20.6. The number of phenolic OH excluding ortho intramolecular Hbond substituents is 1. The van der Waals surface area contributed by atoms with Crippen molar-refractivity contribution >= 4 is 56.2 Å². The molecule has 1 saturated carbocycles. The quantitative estimate of drug-likeness (QED) is 0.115. The van der Waals surface area contributed by atoms with E-state index in [0.29, 0.717) is 86.9 Å². The molecular weight excluding hydrogens is 909 g/mol. The molecule has 3 unspecified atom stereocenters. The second kappa shape index (κ2) is 17.7. The largest absolute Gasteiger partial charge is 0.508 e. The number of aromatic nitrogens is 5. The van der Waals surface area contributed by atoms with Crippen molar-refractivity contribution in [3.63, 3.8) is 0 Å². The number of aromatic hydroxyl groups is 1. The zero-order chi connectivity index (χ0) is 48.7. The third-order valence-corrected chi connectivity index (χ3v) is 16.0. The van der Waals surface area contributed by atoms with E-state index in [1.165, 1.54) is 29.8 Å². The van der Waals surface area contributed by atoms with Crippen molar-refractivity contribution in [3.05, 3.63) is 77.1 Å². The molecule has 16 nitrogen and oxygen atoms in total. The molecule has 5 aliphatic heterocycles. The van der Waals surface area contributed by atoms with Gasteiger partial charge in [-0.25, -0.2) is 13.6 Å². The van der Waals surface area contributed by atoms with Gasteiger partial charge in [-0.05, 0) is 86.1 Å². The number of hydrogen-bond donors (Lipinski definition) is 3. The highest BCUT2D eigenvalue weighted by Crippen LogP contribution is 2.47. The van der Waals surface area contributed by atoms with Crippen molar-refractivity contribution in [1.29, 1.82) is 0 Å². The van der Waals surface area contributed by atoms with Crippen LogP contribution < -0.4 is 20.3 Å². The van der Waals surface area contributed by atoms with Gasteiger partial charge in [-0.2, -0.15) is 15.1 Å². The zero-order valence-electron chi connectivity index (χ0n) is 39.6. The summed E-state index contributed by atoms with van der Waals surface area (Å²) in [5, 5.41) is 23.6. The summed E-state index contributed by atoms with van der Waals surface area (Å²) in [5.41, 5.74) is 2.71. The summed E-state index contributed by atoms with van der Waals surface area (Å²) in [5.74, 6) is 0.723. The van der Waals surface area contributed by atoms with Crippen molar-refractivity contribution in [2.75, 3.05) is 70.4 Å². The Balaban J connectivity index is 0.702. The number of phenols is 1. The zero-order valence-corrected chi connectivity index (χ0v) is 39.6. The van der Waals surface area contributed by atoms with Crippen LogP contribution in [0, 0.1) is 29.4 Å². The van der Waals surface area contributed by atoms with Gasteiger partial charge in [0.2, 0.25) is 11.8 Å². The predicted octanol–water partition coefficient (Wildman–Crippen LogP) is 5.93. The minimum absolute atomic E-state index is 0.0131. The molecule has 71 heavy (non-hydrogen) atoms. The number of amides is 4. The number of hydrogen-bond acceptors (Lipinski definition) is 12. The summed E-state index contributed by atoms with van der Waals surface area (Å²) in [6.07, 6.45) is 13.8. The van der Waals surface area contributed by atoms with Gasteiger partial charge in [0.25, 0.3) is 0 Å². The predicted molar refractivity (Wildman–Crippen MR) is 262 cm³/mol. The first-order valence-corrected chi connectivity index (χ1v) is 24.9. The van der Waals surface area contributed by atoms with Crippen molar-refractivity contribution in [2.45, 2.75) is 75.3 Å². The van der Waals surface area contributed by atoms with E-state index < -0.39 is 17.6 Å². The fourth-order valence-electron chi connectivity index (χ4n) is 11.9. The molecule has 0 radical (unpaired) electrons. The molecule has 5 saturated heterocycles. The number of nitrogens with zero attached hydrogens (tertiary/aromatic N) is 9. The number of fused-ring (bicyclic) bond motifs is 5. The molecule has 0 spiro atoms. The third kappa shape index (κ3) is 8.31. The van der Waals surface area contributed by atoms with E-state index in [1.807, 2.05) is 27.6 Å². The van der Waals surface area contributed by atoms with Crippen molar-refractivity contribution < 1.29 is 33.0 Å². The maximum atomic E-state index is 17.1. The molecule has 12 rings (SSSR count). The molecule has 3 N–H and O–H groups in total. The van der Waals surface area contributed by atoms with Crippen molar-refractivity contribution in [1.82, 2.24) is 50.1 Å². The topological polar surface area (TPSA) is 174 Å². The molecule has 3 aromatic heterocycles. The van der Waals surface area contributed by atoms with E-state index in [9.17, 15) is 19.5 Å². The number of likely N-dealkylation sites (tertiary alicyclic amines) is 1. The maximum absolute atomic E-state index is 17.1. The Hall–Kier alpha value is -6.97. The van der Waals surface area contributed by atoms with E-state index >= 15 is 8.78 Å². The highest BCUT2D eigenvalue weighted by Gasteiger charge is 2.46. The lowest BCUT2D eigenvalue weighted by molar-refractivity contribution is -0.134. The van der Waals surface area contributed by atoms with E-state index in [-0.39, 0.29) is 74.8 Å². The van der Waals surface area contributed by atoms with Crippen LogP contribution in [0.3, 0.4) is 0 Å². The standard InChI is InChI=1S/C53H55F2N11O5/c1-3-36-41(54)10-5-32-22-35(67)24-39(44(32)36)47-45(55)48-40(25-56-47)49(66-26-33-6-7-34(27-66)57-33)60-51(59-48)71-29-53(14-15-53)28-63-18-20-65(21-19-63)52(70)64-16-12-30(13-17-64)31-4-8-37-42(23-31)62(2)61-46(37)38-9-11-43(68)58-50(38)69/h1,4-5,8,10,22-25,30,33-34,38,57,67H,6-7,9,11-21,26-29H2,2H3,(H,58,68,69). The van der Waals surface area contributed by atoms with Crippen LogP contribution in [0.25, 0.3) is 43.8 Å². The Bertz CT molecular complexity index is 3200. The van der Waals surface area contributed by atoms with E-state index in [4.69, 9.17) is 21.2 Å². The number of carbonyl (C=O) groups excluding carboxylic acids is 3. The Kier molecular flexibility index (Phi) is 11.3. The fraction of sp³-hybridized carbons (Fsp3) is 0.453. The average molecular weight is 964 g/mol. The molecule has 6 fully saturated rings. The Morgan fingerprint density at radius 3 is 2.42 bits per heavy atom. The molecule has 3 atom stereocenters. The van der Waals surface area contributed by atoms with Crippen LogP contribution in [0.1, 0.15) is 80.0 Å². The van der Waals surface area contributed by atoms with E-state index in [2.05, 4.69) is 48.5 Å². The number of piperazine rings is 2. The van der Waals surface area contributed by atoms with Crippen LogP contribution >= 0.6 is 0 Å². The van der Waals surface area contributed by atoms with Gasteiger partial charge >= 0.3 is 12.0 Å². The molecule has 3 aromatic carbocycles. The molecule has 1 aliphatic carbocycles. The molecular formula is C53H55F2N11O5. The SMILES string of the molecule is C#Cc1c(F)ccc2cc(O)cc(-c3ncc4c(N5CC6CCC(C5)N6)nc(OCC5(CN6CCN(C(=O)N7CCC(c8ccc9c(C%10CCC(=O)NC%10=O)nn(C)c9c8)CC7)CC6)CC5)nc4c3F)c12. The number of rotatable bonds is 9. The van der Waals surface area contributed by atoms with Gasteiger partial charge in [-0.15, -0.1) is 6.42 Å².